The third-order valence-electron chi connectivity index (χ3n) is 4.90. The van der Waals surface area contributed by atoms with Gasteiger partial charge in [0.2, 0.25) is 15.9 Å². The van der Waals surface area contributed by atoms with Gasteiger partial charge in [-0.25, -0.2) is 8.42 Å². The molecular weight excluding hydrogens is 388 g/mol. The third-order valence-corrected chi connectivity index (χ3v) is 6.81. The monoisotopic (exact) mass is 412 g/mol. The van der Waals surface area contributed by atoms with Gasteiger partial charge >= 0.3 is 0 Å². The van der Waals surface area contributed by atoms with Gasteiger partial charge in [0.25, 0.3) is 5.91 Å². The van der Waals surface area contributed by atoms with E-state index in [4.69, 9.17) is 10.5 Å². The molecular formula is C17H24N4O6S. The molecule has 2 aliphatic heterocycles. The van der Waals surface area contributed by atoms with Crippen molar-refractivity contribution >= 4 is 27.5 Å². The lowest BCUT2D eigenvalue weighted by molar-refractivity contribution is -0.135. The molecule has 2 heterocycles. The van der Waals surface area contributed by atoms with E-state index in [0.717, 1.165) is 0 Å². The van der Waals surface area contributed by atoms with Crippen LogP contribution in [0, 0.1) is 0 Å². The summed E-state index contributed by atoms with van der Waals surface area (Å²) in [6, 6.07) is 5.94. The lowest BCUT2D eigenvalue weighted by Gasteiger charge is -2.26. The molecule has 2 saturated heterocycles. The molecule has 2 aliphatic rings. The molecule has 0 radical (unpaired) electrons. The highest BCUT2D eigenvalue weighted by atomic mass is 32.2. The molecule has 2 amide bonds. The summed E-state index contributed by atoms with van der Waals surface area (Å²) in [5.41, 5.74) is 4.03. The van der Waals surface area contributed by atoms with Crippen molar-refractivity contribution in [2.24, 2.45) is 5.73 Å². The second-order valence-corrected chi connectivity index (χ2v) is 8.88. The molecule has 0 bridgehead atoms. The van der Waals surface area contributed by atoms with Crippen LogP contribution in [0.25, 0.3) is 0 Å². The maximum Gasteiger partial charge on any atom is 0.250 e. The zero-order valence-corrected chi connectivity index (χ0v) is 16.2. The predicted octanol–water partition coefficient (Wildman–Crippen LogP) is -1.43. The number of β-amino-alcohol motifs (C(OH)–C–C–N with tert-alkyl or cyclic N) is 1. The summed E-state index contributed by atoms with van der Waals surface area (Å²) in [5.74, 6) is -1.13. The average Bonchev–Trinajstić information content (AvgIpc) is 3.05. The number of morpholine rings is 1. The van der Waals surface area contributed by atoms with Crippen LogP contribution in [-0.2, 0) is 24.3 Å². The Bertz CT molecular complexity index is 838. The number of amides is 2. The first-order valence-corrected chi connectivity index (χ1v) is 10.4. The minimum atomic E-state index is -3.59. The Morgan fingerprint density at radius 3 is 2.39 bits per heavy atom. The summed E-state index contributed by atoms with van der Waals surface area (Å²) in [4.78, 5) is 25.2. The van der Waals surface area contributed by atoms with E-state index >= 15 is 0 Å². The summed E-state index contributed by atoms with van der Waals surface area (Å²) >= 11 is 0. The number of anilines is 1. The number of carbonyl (C=O) groups excluding carboxylic acids is 2. The van der Waals surface area contributed by atoms with Crippen LogP contribution in [0.5, 0.6) is 0 Å². The normalized spacial score (nSPS) is 24.2. The topological polar surface area (TPSA) is 142 Å². The van der Waals surface area contributed by atoms with E-state index in [2.05, 4.69) is 5.32 Å². The summed E-state index contributed by atoms with van der Waals surface area (Å²) in [7, 11) is -3.59. The molecule has 0 aliphatic carbocycles. The third kappa shape index (κ3) is 4.50. The molecule has 11 heteroatoms. The minimum Gasteiger partial charge on any atom is -0.379 e. The number of rotatable bonds is 6. The molecule has 3 rings (SSSR count). The highest BCUT2D eigenvalue weighted by Crippen LogP contribution is 2.21. The molecule has 0 spiro atoms. The van der Waals surface area contributed by atoms with Crippen molar-refractivity contribution < 1.29 is 27.9 Å². The highest BCUT2D eigenvalue weighted by molar-refractivity contribution is 7.89. The number of hydrogen-bond acceptors (Lipinski definition) is 7. The van der Waals surface area contributed by atoms with Crippen molar-refractivity contribution in [2.75, 3.05) is 51.3 Å². The lowest BCUT2D eigenvalue weighted by Crippen LogP contribution is -2.46. The van der Waals surface area contributed by atoms with E-state index in [-0.39, 0.29) is 30.3 Å². The molecule has 0 saturated carbocycles. The SMILES string of the molecule is NC(=O)[C@]1(O)CCN(CC(=O)Nc2ccc(S(=O)(=O)N3CCOCC3)cc2)C1. The molecule has 0 aromatic heterocycles. The number of primary amides is 1. The Morgan fingerprint density at radius 2 is 1.82 bits per heavy atom. The van der Waals surface area contributed by atoms with Crippen LogP contribution in [-0.4, -0.2) is 86.1 Å². The number of benzene rings is 1. The molecule has 10 nitrogen and oxygen atoms in total. The Balaban J connectivity index is 1.57. The fraction of sp³-hybridized carbons (Fsp3) is 0.529. The lowest BCUT2D eigenvalue weighted by atomic mass is 10.0. The molecule has 28 heavy (non-hydrogen) atoms. The largest absolute Gasteiger partial charge is 0.379 e. The maximum atomic E-state index is 12.6. The summed E-state index contributed by atoms with van der Waals surface area (Å²) in [5, 5.41) is 12.7. The van der Waals surface area contributed by atoms with E-state index < -0.39 is 21.5 Å². The van der Waals surface area contributed by atoms with Crippen molar-refractivity contribution in [1.29, 1.82) is 0 Å². The number of nitrogens with two attached hydrogens (primary N) is 1. The zero-order chi connectivity index (χ0) is 20.4. The second-order valence-electron chi connectivity index (χ2n) is 6.95. The molecule has 0 unspecified atom stereocenters. The standard InChI is InChI=1S/C17H24N4O6S/c18-16(23)17(24)5-6-20(12-17)11-15(22)19-13-1-3-14(4-2-13)28(25,26)21-7-9-27-10-8-21/h1-4,24H,5-12H2,(H2,18,23)(H,19,22)/t17-/m0/s1. The van der Waals surface area contributed by atoms with Gasteiger partial charge in [0.05, 0.1) is 24.7 Å². The van der Waals surface area contributed by atoms with Crippen molar-refractivity contribution in [3.63, 3.8) is 0 Å². The minimum absolute atomic E-state index is 0.00643. The summed E-state index contributed by atoms with van der Waals surface area (Å²) in [6.07, 6.45) is 0.184. The summed E-state index contributed by atoms with van der Waals surface area (Å²) in [6.45, 7) is 1.74. The number of nitrogens with one attached hydrogen (secondary N) is 1. The quantitative estimate of drug-likeness (QED) is 0.520. The number of ether oxygens (including phenoxy) is 1. The van der Waals surface area contributed by atoms with Crippen molar-refractivity contribution in [3.8, 4) is 0 Å². The fourth-order valence-corrected chi connectivity index (χ4v) is 4.67. The van der Waals surface area contributed by atoms with Crippen LogP contribution < -0.4 is 11.1 Å². The molecule has 1 atom stereocenters. The number of hydrogen-bond donors (Lipinski definition) is 3. The fourth-order valence-electron chi connectivity index (χ4n) is 3.26. The number of sulfonamides is 1. The van der Waals surface area contributed by atoms with Gasteiger partial charge in [0, 0.05) is 31.9 Å². The van der Waals surface area contributed by atoms with E-state index in [1.54, 1.807) is 4.90 Å². The van der Waals surface area contributed by atoms with Gasteiger partial charge in [0.1, 0.15) is 0 Å². The molecule has 1 aromatic rings. The van der Waals surface area contributed by atoms with Crippen molar-refractivity contribution in [1.82, 2.24) is 9.21 Å². The van der Waals surface area contributed by atoms with Crippen LogP contribution in [0.4, 0.5) is 5.69 Å². The van der Waals surface area contributed by atoms with Gasteiger partial charge in [0.15, 0.2) is 5.60 Å². The number of nitrogens with zero attached hydrogens (tertiary/aromatic N) is 2. The van der Waals surface area contributed by atoms with Crippen LogP contribution >= 0.6 is 0 Å². The zero-order valence-electron chi connectivity index (χ0n) is 15.3. The van der Waals surface area contributed by atoms with Crippen LogP contribution in [0.15, 0.2) is 29.2 Å². The van der Waals surface area contributed by atoms with Crippen molar-refractivity contribution in [2.45, 2.75) is 16.9 Å². The van der Waals surface area contributed by atoms with Gasteiger partial charge in [-0.05, 0) is 30.7 Å². The highest BCUT2D eigenvalue weighted by Gasteiger charge is 2.41. The van der Waals surface area contributed by atoms with Crippen LogP contribution in [0.1, 0.15) is 6.42 Å². The van der Waals surface area contributed by atoms with Gasteiger partial charge in [-0.3, -0.25) is 14.5 Å². The Labute approximate surface area is 163 Å². The molecule has 154 valence electrons. The van der Waals surface area contributed by atoms with Crippen LogP contribution in [0.2, 0.25) is 0 Å². The summed E-state index contributed by atoms with van der Waals surface area (Å²) < 4.78 is 31.7. The van der Waals surface area contributed by atoms with Gasteiger partial charge in [-0.1, -0.05) is 0 Å². The van der Waals surface area contributed by atoms with Gasteiger partial charge < -0.3 is 20.9 Å². The van der Waals surface area contributed by atoms with E-state index in [1.807, 2.05) is 0 Å². The Morgan fingerprint density at radius 1 is 1.18 bits per heavy atom. The number of carbonyl (C=O) groups is 2. The Kier molecular flexibility index (Phi) is 6.01. The number of aliphatic hydroxyl groups is 1. The molecule has 4 N–H and O–H groups in total. The maximum absolute atomic E-state index is 12.6. The predicted molar refractivity (Wildman–Crippen MR) is 99.9 cm³/mol. The van der Waals surface area contributed by atoms with E-state index in [1.165, 1.54) is 28.6 Å². The van der Waals surface area contributed by atoms with Gasteiger partial charge in [-0.2, -0.15) is 4.31 Å². The average molecular weight is 412 g/mol. The van der Waals surface area contributed by atoms with Gasteiger partial charge in [-0.15, -0.1) is 0 Å². The molecule has 1 aromatic carbocycles. The molecule has 2 fully saturated rings. The first-order chi connectivity index (χ1) is 13.2. The second kappa shape index (κ2) is 8.13. The first-order valence-electron chi connectivity index (χ1n) is 8.93. The number of likely N-dealkylation sites (tertiary alicyclic amines) is 1. The Hall–Kier alpha value is -2.05. The van der Waals surface area contributed by atoms with E-state index in [9.17, 15) is 23.1 Å². The van der Waals surface area contributed by atoms with Crippen molar-refractivity contribution in [3.05, 3.63) is 24.3 Å². The first kappa shape index (κ1) is 20.7. The smallest absolute Gasteiger partial charge is 0.250 e. The van der Waals surface area contributed by atoms with E-state index in [0.29, 0.717) is 38.5 Å². The van der Waals surface area contributed by atoms with Crippen LogP contribution in [0.3, 0.4) is 0 Å².